The van der Waals surface area contributed by atoms with Gasteiger partial charge in [-0.1, -0.05) is 18.2 Å². The number of alkyl halides is 3. The van der Waals surface area contributed by atoms with Gasteiger partial charge in [-0.3, -0.25) is 9.59 Å². The molecule has 1 amide bonds. The highest BCUT2D eigenvalue weighted by molar-refractivity contribution is 6.11. The molecule has 0 fully saturated rings. The van der Waals surface area contributed by atoms with Crippen LogP contribution in [0.2, 0.25) is 0 Å². The number of fused-ring (bicyclic) bond motifs is 1. The highest BCUT2D eigenvalue weighted by Gasteiger charge is 2.31. The zero-order valence-corrected chi connectivity index (χ0v) is 14.9. The van der Waals surface area contributed by atoms with Crippen LogP contribution in [0.4, 0.5) is 18.9 Å². The Morgan fingerprint density at radius 3 is 2.25 bits per heavy atom. The van der Waals surface area contributed by atoms with Gasteiger partial charge in [0.2, 0.25) is 0 Å². The second-order valence-corrected chi connectivity index (χ2v) is 6.26. The maximum atomic E-state index is 12.7. The van der Waals surface area contributed by atoms with Gasteiger partial charge in [-0.25, -0.2) is 4.68 Å². The molecule has 2 aromatic carbocycles. The second-order valence-electron chi connectivity index (χ2n) is 6.26. The summed E-state index contributed by atoms with van der Waals surface area (Å²) in [5.41, 5.74) is -0.0111. The summed E-state index contributed by atoms with van der Waals surface area (Å²) in [6.07, 6.45) is -4.79. The Hall–Kier alpha value is -3.36. The molecule has 0 aliphatic heterocycles. The molecular formula is C19H16F3N3O3. The number of carbonyl (C=O) groups is 1. The minimum absolute atomic E-state index is 0.0412. The van der Waals surface area contributed by atoms with Crippen LogP contribution in [0.3, 0.4) is 0 Å². The zero-order valence-electron chi connectivity index (χ0n) is 14.9. The molecule has 0 radical (unpaired) electrons. The third-order valence-electron chi connectivity index (χ3n) is 3.88. The van der Waals surface area contributed by atoms with E-state index in [-0.39, 0.29) is 23.0 Å². The van der Waals surface area contributed by atoms with Crippen LogP contribution in [0.1, 0.15) is 30.4 Å². The Kier molecular flexibility index (Phi) is 5.08. The normalized spacial score (nSPS) is 11.6. The topological polar surface area (TPSA) is 73.2 Å². The summed E-state index contributed by atoms with van der Waals surface area (Å²) in [5.74, 6) is -0.988. The van der Waals surface area contributed by atoms with Crippen LogP contribution in [-0.4, -0.2) is 22.1 Å². The van der Waals surface area contributed by atoms with Crippen molar-refractivity contribution in [3.8, 4) is 5.75 Å². The Balaban J connectivity index is 1.94. The van der Waals surface area contributed by atoms with Crippen molar-refractivity contribution in [2.75, 3.05) is 5.32 Å². The van der Waals surface area contributed by atoms with E-state index in [4.69, 9.17) is 0 Å². The first-order chi connectivity index (χ1) is 13.2. The molecule has 1 heterocycles. The maximum absolute atomic E-state index is 12.7. The lowest BCUT2D eigenvalue weighted by Gasteiger charge is -2.14. The van der Waals surface area contributed by atoms with Crippen LogP contribution in [0.15, 0.2) is 53.3 Å². The molecule has 0 bridgehead atoms. The van der Waals surface area contributed by atoms with Gasteiger partial charge in [-0.2, -0.15) is 5.10 Å². The summed E-state index contributed by atoms with van der Waals surface area (Å²) in [6, 6.07) is 11.1. The first kappa shape index (κ1) is 19.4. The molecule has 3 rings (SSSR count). The summed E-state index contributed by atoms with van der Waals surface area (Å²) in [4.78, 5) is 25.2. The summed E-state index contributed by atoms with van der Waals surface area (Å²) < 4.78 is 41.7. The van der Waals surface area contributed by atoms with Crippen LogP contribution >= 0.6 is 0 Å². The number of hydrogen-bond donors (Lipinski definition) is 1. The van der Waals surface area contributed by atoms with Crippen molar-refractivity contribution < 1.29 is 22.7 Å². The van der Waals surface area contributed by atoms with Gasteiger partial charge in [0.25, 0.3) is 11.5 Å². The van der Waals surface area contributed by atoms with Gasteiger partial charge in [-0.05, 0) is 44.2 Å². The number of anilines is 1. The third kappa shape index (κ3) is 4.13. The SMILES string of the molecule is CC(C)n1nc(C(=O)Nc2ccc(OC(F)(F)F)cc2)c2ccccc2c1=O. The molecule has 146 valence electrons. The minimum Gasteiger partial charge on any atom is -0.406 e. The largest absolute Gasteiger partial charge is 0.573 e. The number of nitrogens with zero attached hydrogens (tertiary/aromatic N) is 2. The highest BCUT2D eigenvalue weighted by Crippen LogP contribution is 2.24. The highest BCUT2D eigenvalue weighted by atomic mass is 19.4. The van der Waals surface area contributed by atoms with Gasteiger partial charge < -0.3 is 10.1 Å². The van der Waals surface area contributed by atoms with Crippen LogP contribution in [0.5, 0.6) is 5.75 Å². The number of halogens is 3. The predicted molar refractivity (Wildman–Crippen MR) is 97.5 cm³/mol. The van der Waals surface area contributed by atoms with E-state index in [1.165, 1.54) is 16.8 Å². The fourth-order valence-corrected chi connectivity index (χ4v) is 2.65. The first-order valence-corrected chi connectivity index (χ1v) is 8.34. The average molecular weight is 391 g/mol. The Morgan fingerprint density at radius 2 is 1.68 bits per heavy atom. The van der Waals surface area contributed by atoms with Gasteiger partial charge in [0.05, 0.1) is 11.4 Å². The van der Waals surface area contributed by atoms with E-state index < -0.39 is 18.0 Å². The molecule has 3 aromatic rings. The molecule has 28 heavy (non-hydrogen) atoms. The van der Waals surface area contributed by atoms with Crippen molar-refractivity contribution in [3.63, 3.8) is 0 Å². The van der Waals surface area contributed by atoms with Gasteiger partial charge >= 0.3 is 6.36 Å². The van der Waals surface area contributed by atoms with Crippen LogP contribution in [0, 0.1) is 0 Å². The molecule has 1 aromatic heterocycles. The van der Waals surface area contributed by atoms with Crippen molar-refractivity contribution in [2.45, 2.75) is 26.3 Å². The molecule has 0 atom stereocenters. The Labute approximate surface area is 157 Å². The third-order valence-corrected chi connectivity index (χ3v) is 3.88. The Morgan fingerprint density at radius 1 is 1.07 bits per heavy atom. The van der Waals surface area contributed by atoms with E-state index in [1.807, 2.05) is 0 Å². The number of carbonyl (C=O) groups excluding carboxylic acids is 1. The summed E-state index contributed by atoms with van der Waals surface area (Å²) in [7, 11) is 0. The number of nitrogens with one attached hydrogen (secondary N) is 1. The zero-order chi connectivity index (χ0) is 20.5. The predicted octanol–water partition coefficient (Wildman–Crippen LogP) is 4.13. The van der Waals surface area contributed by atoms with Crippen molar-refractivity contribution in [3.05, 3.63) is 64.6 Å². The van der Waals surface area contributed by atoms with E-state index in [0.29, 0.717) is 10.8 Å². The standard InChI is InChI=1S/C19H16F3N3O3/c1-11(2)25-18(27)15-6-4-3-5-14(15)16(24-25)17(26)23-12-7-9-13(10-8-12)28-19(20,21)22/h3-11H,1-2H3,(H,23,26). The lowest BCUT2D eigenvalue weighted by molar-refractivity contribution is -0.274. The number of aromatic nitrogens is 2. The van der Waals surface area contributed by atoms with Gasteiger partial charge in [0.15, 0.2) is 5.69 Å². The molecule has 0 saturated carbocycles. The molecule has 0 aliphatic carbocycles. The van der Waals surface area contributed by atoms with Crippen molar-refractivity contribution in [2.24, 2.45) is 0 Å². The first-order valence-electron chi connectivity index (χ1n) is 8.34. The molecule has 9 heteroatoms. The van der Waals surface area contributed by atoms with Gasteiger partial charge in [0.1, 0.15) is 5.75 Å². The molecule has 6 nitrogen and oxygen atoms in total. The second kappa shape index (κ2) is 7.34. The summed E-state index contributed by atoms with van der Waals surface area (Å²) in [6.45, 7) is 3.54. The number of ether oxygens (including phenoxy) is 1. The lowest BCUT2D eigenvalue weighted by atomic mass is 10.1. The molecule has 0 unspecified atom stereocenters. The maximum Gasteiger partial charge on any atom is 0.573 e. The number of benzene rings is 2. The molecule has 0 aliphatic rings. The fourth-order valence-electron chi connectivity index (χ4n) is 2.65. The van der Waals surface area contributed by atoms with Crippen LogP contribution in [-0.2, 0) is 0 Å². The van der Waals surface area contributed by atoms with Crippen molar-refractivity contribution in [1.29, 1.82) is 0 Å². The lowest BCUT2D eigenvalue weighted by Crippen LogP contribution is -2.28. The molecule has 0 spiro atoms. The summed E-state index contributed by atoms with van der Waals surface area (Å²) >= 11 is 0. The van der Waals surface area contributed by atoms with E-state index in [9.17, 15) is 22.8 Å². The van der Waals surface area contributed by atoms with E-state index >= 15 is 0 Å². The smallest absolute Gasteiger partial charge is 0.406 e. The molecule has 1 N–H and O–H groups in total. The fraction of sp³-hybridized carbons (Fsp3) is 0.211. The average Bonchev–Trinajstić information content (AvgIpc) is 2.62. The van der Waals surface area contributed by atoms with E-state index in [2.05, 4.69) is 15.2 Å². The number of rotatable bonds is 4. The Bertz CT molecular complexity index is 1070. The van der Waals surface area contributed by atoms with Crippen LogP contribution in [0.25, 0.3) is 10.8 Å². The minimum atomic E-state index is -4.79. The van der Waals surface area contributed by atoms with Gasteiger partial charge in [-0.15, -0.1) is 13.2 Å². The van der Waals surface area contributed by atoms with Crippen molar-refractivity contribution in [1.82, 2.24) is 9.78 Å². The van der Waals surface area contributed by atoms with Gasteiger partial charge in [0, 0.05) is 11.1 Å². The van der Waals surface area contributed by atoms with E-state index in [0.717, 1.165) is 12.1 Å². The molecular weight excluding hydrogens is 375 g/mol. The van der Waals surface area contributed by atoms with Crippen molar-refractivity contribution >= 4 is 22.4 Å². The van der Waals surface area contributed by atoms with Crippen LogP contribution < -0.4 is 15.6 Å². The number of hydrogen-bond acceptors (Lipinski definition) is 4. The quantitative estimate of drug-likeness (QED) is 0.726. The number of amides is 1. The summed E-state index contributed by atoms with van der Waals surface area (Å²) in [5, 5.41) is 7.49. The van der Waals surface area contributed by atoms with E-state index in [1.54, 1.807) is 38.1 Å². The molecule has 0 saturated heterocycles. The monoisotopic (exact) mass is 391 g/mol.